The van der Waals surface area contributed by atoms with Gasteiger partial charge in [-0.3, -0.25) is 0 Å². The fourth-order valence-corrected chi connectivity index (χ4v) is 5.76. The Morgan fingerprint density at radius 3 is 0.381 bits per heavy atom. The quantitative estimate of drug-likeness (QED) is 0.221. The molecule has 0 amide bonds. The highest BCUT2D eigenvalue weighted by Gasteiger charge is 3.24. The van der Waals surface area contributed by atoms with E-state index in [0.717, 1.165) is 0 Å². The minimum Gasteiger partial charge on any atom is -0.231 e. The summed E-state index contributed by atoms with van der Waals surface area (Å²) in [6.07, 6.45) is -91.9. The average Bonchev–Trinajstić information content (AvgIpc) is 2.78. The maximum Gasteiger partial charge on any atom is 0.425 e. The molecule has 42 heavy (non-hydrogen) atoms. The highest BCUT2D eigenvalue weighted by atomic mass is 19.5. The molecule has 1 aliphatic carbocycles. The Labute approximate surface area is 207 Å². The lowest BCUT2D eigenvalue weighted by Gasteiger charge is -2.56. The van der Waals surface area contributed by atoms with Crippen LogP contribution in [-0.4, -0.2) is 61.3 Å². The summed E-state index contributed by atoms with van der Waals surface area (Å²) in [4.78, 5) is 0. The van der Waals surface area contributed by atoms with Crippen LogP contribution in [-0.2, 0) is 0 Å². The van der Waals surface area contributed by atoms with E-state index in [1.807, 2.05) is 0 Å². The zero-order valence-electron chi connectivity index (χ0n) is 17.6. The lowest BCUT2D eigenvalue weighted by molar-refractivity contribution is -0.546. The van der Waals surface area contributed by atoms with Gasteiger partial charge in [-0.25, -0.2) is 4.39 Å². The molecule has 0 heterocycles. The Morgan fingerprint density at radius 2 is 0.310 bits per heavy atom. The third kappa shape index (κ3) is 3.39. The van der Waals surface area contributed by atoms with E-state index in [2.05, 4.69) is 0 Å². The van der Waals surface area contributed by atoms with E-state index in [-0.39, 0.29) is 0 Å². The van der Waals surface area contributed by atoms with Crippen LogP contribution in [0.25, 0.3) is 0 Å². The first-order valence-electron chi connectivity index (χ1n) is 8.79. The lowest BCUT2D eigenvalue weighted by atomic mass is 9.49. The van der Waals surface area contributed by atoms with Crippen molar-refractivity contribution >= 4 is 0 Å². The molecule has 1 saturated carbocycles. The second-order valence-electron chi connectivity index (χ2n) is 8.14. The van der Waals surface area contributed by atoms with Crippen LogP contribution < -0.4 is 0 Å². The normalized spacial score (nSPS) is 23.7. The van der Waals surface area contributed by atoms with Gasteiger partial charge in [0.05, 0.1) is 0 Å². The van der Waals surface area contributed by atoms with Gasteiger partial charge < -0.3 is 0 Å². The van der Waals surface area contributed by atoms with Crippen LogP contribution in [0.1, 0.15) is 0 Å². The Balaban J connectivity index is 5.93. The van der Waals surface area contributed by atoms with Crippen molar-refractivity contribution < 1.29 is 123 Å². The number of rotatable bonds is 0. The largest absolute Gasteiger partial charge is 0.425 e. The minimum absolute atomic E-state index is 10.1. The first-order chi connectivity index (χ1) is 17.5. The standard InChI is InChI=1S/C14F28/c15-5(14(40,41)42)3(10(28,29)30,11(31,32)33)1(6(16,17)18,7(19,20)21)2(8(22,23)24,9(25,26)27)4(5,12(34,35)36)13(37,38)39. The van der Waals surface area contributed by atoms with Crippen LogP contribution in [0, 0.1) is 21.7 Å². The van der Waals surface area contributed by atoms with Crippen molar-refractivity contribution in [1.82, 2.24) is 0 Å². The summed E-state index contributed by atoms with van der Waals surface area (Å²) < 4.78 is 389. The van der Waals surface area contributed by atoms with Crippen molar-refractivity contribution in [2.45, 2.75) is 61.3 Å². The lowest BCUT2D eigenvalue weighted by Crippen LogP contribution is -2.81. The van der Waals surface area contributed by atoms with Gasteiger partial charge in [0.25, 0.3) is 5.67 Å². The molecule has 252 valence electrons. The number of halogens is 28. The SMILES string of the molecule is FC(F)(F)C1(F)C(C(F)(F)F)(C(F)(F)F)C(C(F)(F)F)(C(F)(F)F)C(C(F)(F)F)(C(F)(F)F)C1(C(F)(F)F)C(F)(F)F. The van der Waals surface area contributed by atoms with Crippen molar-refractivity contribution in [2.24, 2.45) is 21.7 Å². The van der Waals surface area contributed by atoms with Crippen molar-refractivity contribution in [1.29, 1.82) is 0 Å². The Morgan fingerprint density at radius 1 is 0.190 bits per heavy atom. The Kier molecular flexibility index (Phi) is 7.61. The van der Waals surface area contributed by atoms with E-state index in [4.69, 9.17) is 0 Å². The molecule has 0 unspecified atom stereocenters. The van der Waals surface area contributed by atoms with Gasteiger partial charge in [0, 0.05) is 0 Å². The first-order valence-corrected chi connectivity index (χ1v) is 8.79. The summed E-state index contributed by atoms with van der Waals surface area (Å²) in [6, 6.07) is 0. The van der Waals surface area contributed by atoms with Gasteiger partial charge in [0.1, 0.15) is 0 Å². The van der Waals surface area contributed by atoms with Gasteiger partial charge in [0.2, 0.25) is 21.7 Å². The third-order valence-corrected chi connectivity index (χ3v) is 6.51. The molecule has 0 N–H and O–H groups in total. The Bertz CT molecular complexity index is 887. The number of alkyl halides is 28. The molecule has 28 heteroatoms. The molecule has 1 aliphatic rings. The molecule has 0 nitrogen and oxygen atoms in total. The molecule has 0 aliphatic heterocycles. The molecule has 0 aromatic rings. The van der Waals surface area contributed by atoms with Gasteiger partial charge in [-0.05, 0) is 0 Å². The Hall–Kier alpha value is -1.96. The van der Waals surface area contributed by atoms with Crippen molar-refractivity contribution in [3.63, 3.8) is 0 Å². The summed E-state index contributed by atoms with van der Waals surface area (Å²) in [6.45, 7) is 0. The van der Waals surface area contributed by atoms with Gasteiger partial charge in [-0.15, -0.1) is 0 Å². The molecule has 0 aromatic carbocycles. The van der Waals surface area contributed by atoms with Crippen LogP contribution in [0.2, 0.25) is 0 Å². The van der Waals surface area contributed by atoms with Crippen molar-refractivity contribution in [3.8, 4) is 0 Å². The third-order valence-electron chi connectivity index (χ3n) is 6.51. The number of hydrogen-bond donors (Lipinski definition) is 0. The van der Waals surface area contributed by atoms with Gasteiger partial charge in [0.15, 0.2) is 0 Å². The summed E-state index contributed by atoms with van der Waals surface area (Å²) >= 11 is 0. The van der Waals surface area contributed by atoms with E-state index in [9.17, 15) is 119 Å². The predicted octanol–water partition coefficient (Wildman–Crippen LogP) is 9.71. The molecule has 1 fully saturated rings. The van der Waals surface area contributed by atoms with Crippen LogP contribution in [0.15, 0.2) is 0 Å². The van der Waals surface area contributed by atoms with Gasteiger partial charge in [-0.2, -0.15) is 119 Å². The predicted molar refractivity (Wildman–Crippen MR) is 68.1 cm³/mol. The van der Waals surface area contributed by atoms with E-state index in [1.165, 1.54) is 0 Å². The summed E-state index contributed by atoms with van der Waals surface area (Å²) in [5.41, 5.74) is -55.4. The first kappa shape index (κ1) is 38.1. The van der Waals surface area contributed by atoms with Crippen molar-refractivity contribution in [2.75, 3.05) is 0 Å². The van der Waals surface area contributed by atoms with Crippen LogP contribution in [0.4, 0.5) is 123 Å². The molecule has 0 atom stereocenters. The highest BCUT2D eigenvalue weighted by molar-refractivity contribution is 5.45. The molecule has 0 spiro atoms. The fourth-order valence-electron chi connectivity index (χ4n) is 5.76. The zero-order chi connectivity index (χ0) is 35.0. The topological polar surface area (TPSA) is 0 Å². The zero-order valence-corrected chi connectivity index (χ0v) is 17.6. The van der Waals surface area contributed by atoms with Gasteiger partial charge in [-0.1, -0.05) is 0 Å². The fraction of sp³-hybridized carbons (Fsp3) is 1.00. The van der Waals surface area contributed by atoms with Crippen LogP contribution in [0.3, 0.4) is 0 Å². The van der Waals surface area contributed by atoms with E-state index in [0.29, 0.717) is 0 Å². The molecular weight excluding hydrogens is 700 g/mol. The summed E-state index contributed by atoms with van der Waals surface area (Å²) in [5.74, 6) is 0. The molecule has 0 radical (unpaired) electrons. The molecule has 0 aromatic heterocycles. The van der Waals surface area contributed by atoms with E-state index in [1.54, 1.807) is 0 Å². The monoisotopic (exact) mass is 700 g/mol. The second-order valence-corrected chi connectivity index (χ2v) is 8.14. The minimum atomic E-state index is -11.2. The molecule has 0 bridgehead atoms. The van der Waals surface area contributed by atoms with Crippen LogP contribution >= 0.6 is 0 Å². The highest BCUT2D eigenvalue weighted by Crippen LogP contribution is 2.98. The van der Waals surface area contributed by atoms with E-state index >= 15 is 4.39 Å². The summed E-state index contributed by atoms with van der Waals surface area (Å²) in [7, 11) is 0. The maximum absolute atomic E-state index is 15.5. The number of hydrogen-bond acceptors (Lipinski definition) is 0. The molecule has 1 rings (SSSR count). The summed E-state index contributed by atoms with van der Waals surface area (Å²) in [5, 5.41) is 0. The molecule has 0 saturated heterocycles. The molecular formula is C14F28. The van der Waals surface area contributed by atoms with Gasteiger partial charge >= 0.3 is 55.6 Å². The maximum atomic E-state index is 15.5. The second kappa shape index (κ2) is 8.39. The van der Waals surface area contributed by atoms with Crippen LogP contribution in [0.5, 0.6) is 0 Å². The van der Waals surface area contributed by atoms with Crippen molar-refractivity contribution in [3.05, 3.63) is 0 Å². The van der Waals surface area contributed by atoms with E-state index < -0.39 is 82.9 Å². The smallest absolute Gasteiger partial charge is 0.231 e. The average molecular weight is 700 g/mol.